The van der Waals surface area contributed by atoms with E-state index < -0.39 is 5.91 Å². The SMILES string of the molecule is COc1ccc(C(C)=NNC(=O)c2cc(-c3ccc(Cl)cc3Cl)n[nH]2)cc1. The summed E-state index contributed by atoms with van der Waals surface area (Å²) < 4.78 is 5.12. The molecule has 0 fully saturated rings. The number of amides is 1. The molecule has 0 bridgehead atoms. The van der Waals surface area contributed by atoms with Gasteiger partial charge in [0.1, 0.15) is 11.4 Å². The second-order valence-corrected chi connectivity index (χ2v) is 6.50. The minimum absolute atomic E-state index is 0.266. The summed E-state index contributed by atoms with van der Waals surface area (Å²) >= 11 is 12.1. The number of carbonyl (C=O) groups excluding carboxylic acids is 1. The molecule has 2 aromatic carbocycles. The molecule has 8 heteroatoms. The van der Waals surface area contributed by atoms with Gasteiger partial charge in [0, 0.05) is 10.6 Å². The van der Waals surface area contributed by atoms with Gasteiger partial charge in [0.2, 0.25) is 0 Å². The zero-order chi connectivity index (χ0) is 19.4. The van der Waals surface area contributed by atoms with E-state index in [-0.39, 0.29) is 5.69 Å². The molecule has 2 N–H and O–H groups in total. The van der Waals surface area contributed by atoms with Gasteiger partial charge in [-0.3, -0.25) is 9.89 Å². The van der Waals surface area contributed by atoms with Crippen LogP contribution in [0.2, 0.25) is 10.0 Å². The predicted octanol–water partition coefficient (Wildman–Crippen LogP) is 4.55. The molecule has 27 heavy (non-hydrogen) atoms. The summed E-state index contributed by atoms with van der Waals surface area (Å²) in [5, 5.41) is 11.9. The minimum atomic E-state index is -0.410. The molecule has 0 unspecified atom stereocenters. The topological polar surface area (TPSA) is 79.4 Å². The monoisotopic (exact) mass is 402 g/mol. The van der Waals surface area contributed by atoms with Gasteiger partial charge in [-0.1, -0.05) is 23.2 Å². The number of carbonyl (C=O) groups is 1. The van der Waals surface area contributed by atoms with Crippen molar-refractivity contribution in [2.24, 2.45) is 5.10 Å². The Kier molecular flexibility index (Phi) is 5.78. The van der Waals surface area contributed by atoms with Gasteiger partial charge in [-0.2, -0.15) is 10.2 Å². The number of H-pyrrole nitrogens is 1. The number of benzene rings is 2. The van der Waals surface area contributed by atoms with Crippen LogP contribution in [0.3, 0.4) is 0 Å². The van der Waals surface area contributed by atoms with Crippen molar-refractivity contribution in [3.05, 3.63) is 69.8 Å². The molecule has 1 amide bonds. The molecule has 1 heterocycles. The first-order valence-electron chi connectivity index (χ1n) is 7.98. The number of hydrogen-bond donors (Lipinski definition) is 2. The van der Waals surface area contributed by atoms with E-state index in [0.29, 0.717) is 27.0 Å². The quantitative estimate of drug-likeness (QED) is 0.485. The van der Waals surface area contributed by atoms with Crippen LogP contribution in [0.4, 0.5) is 0 Å². The van der Waals surface area contributed by atoms with E-state index in [4.69, 9.17) is 27.9 Å². The van der Waals surface area contributed by atoms with E-state index in [1.165, 1.54) is 0 Å². The Morgan fingerprint density at radius 1 is 1.15 bits per heavy atom. The summed E-state index contributed by atoms with van der Waals surface area (Å²) in [6.45, 7) is 1.80. The maximum Gasteiger partial charge on any atom is 0.289 e. The number of aromatic amines is 1. The zero-order valence-corrected chi connectivity index (χ0v) is 16.1. The first-order valence-corrected chi connectivity index (χ1v) is 8.73. The van der Waals surface area contributed by atoms with Crippen molar-refractivity contribution in [2.75, 3.05) is 7.11 Å². The standard InChI is InChI=1S/C19H16Cl2N4O2/c1-11(12-3-6-14(27-2)7-4-12)22-25-19(26)18-10-17(23-24-18)15-8-5-13(20)9-16(15)21/h3-10H,1-2H3,(H,23,24)(H,25,26). The van der Waals surface area contributed by atoms with Crippen molar-refractivity contribution in [1.29, 1.82) is 0 Å². The van der Waals surface area contributed by atoms with Crippen LogP contribution in [-0.2, 0) is 0 Å². The maximum atomic E-state index is 12.3. The van der Waals surface area contributed by atoms with E-state index in [1.54, 1.807) is 38.3 Å². The molecule has 0 atom stereocenters. The second-order valence-electron chi connectivity index (χ2n) is 5.66. The van der Waals surface area contributed by atoms with Crippen LogP contribution in [0.5, 0.6) is 5.75 Å². The van der Waals surface area contributed by atoms with Gasteiger partial charge < -0.3 is 4.74 Å². The van der Waals surface area contributed by atoms with E-state index in [1.807, 2.05) is 24.3 Å². The molecule has 0 aliphatic carbocycles. The number of methoxy groups -OCH3 is 1. The van der Waals surface area contributed by atoms with Crippen molar-refractivity contribution < 1.29 is 9.53 Å². The Labute approximate surface area is 166 Å². The maximum absolute atomic E-state index is 12.3. The van der Waals surface area contributed by atoms with Crippen LogP contribution in [0.1, 0.15) is 23.0 Å². The number of aromatic nitrogens is 2. The Morgan fingerprint density at radius 2 is 1.89 bits per heavy atom. The van der Waals surface area contributed by atoms with Gasteiger partial charge in [0.25, 0.3) is 5.91 Å². The van der Waals surface area contributed by atoms with Gasteiger partial charge in [-0.25, -0.2) is 5.43 Å². The lowest BCUT2D eigenvalue weighted by Crippen LogP contribution is -2.19. The molecule has 3 rings (SSSR count). The first kappa shape index (κ1) is 18.9. The minimum Gasteiger partial charge on any atom is -0.497 e. The van der Waals surface area contributed by atoms with E-state index in [9.17, 15) is 4.79 Å². The van der Waals surface area contributed by atoms with Gasteiger partial charge in [0.15, 0.2) is 0 Å². The normalized spacial score (nSPS) is 11.3. The molecular weight excluding hydrogens is 387 g/mol. The number of hydrogen-bond acceptors (Lipinski definition) is 4. The van der Waals surface area contributed by atoms with Crippen molar-refractivity contribution in [3.63, 3.8) is 0 Å². The molecular formula is C19H16Cl2N4O2. The fourth-order valence-electron chi connectivity index (χ4n) is 2.36. The predicted molar refractivity (Wildman–Crippen MR) is 107 cm³/mol. The number of nitrogens with one attached hydrogen (secondary N) is 2. The smallest absolute Gasteiger partial charge is 0.289 e. The average Bonchev–Trinajstić information content (AvgIpc) is 3.16. The summed E-state index contributed by atoms with van der Waals surface area (Å²) in [6, 6.07) is 14.0. The molecule has 0 aliphatic rings. The molecule has 0 radical (unpaired) electrons. The number of halogens is 2. The van der Waals surface area contributed by atoms with Crippen LogP contribution >= 0.6 is 23.2 Å². The summed E-state index contributed by atoms with van der Waals surface area (Å²) in [7, 11) is 1.60. The molecule has 138 valence electrons. The van der Waals surface area contributed by atoms with Gasteiger partial charge in [-0.15, -0.1) is 0 Å². The van der Waals surface area contributed by atoms with Crippen molar-refractivity contribution in [1.82, 2.24) is 15.6 Å². The highest BCUT2D eigenvalue weighted by Gasteiger charge is 2.13. The van der Waals surface area contributed by atoms with Crippen molar-refractivity contribution >= 4 is 34.8 Å². The van der Waals surface area contributed by atoms with Crippen LogP contribution in [-0.4, -0.2) is 28.9 Å². The van der Waals surface area contributed by atoms with E-state index >= 15 is 0 Å². The largest absolute Gasteiger partial charge is 0.497 e. The third-order valence-corrected chi connectivity index (χ3v) is 4.41. The lowest BCUT2D eigenvalue weighted by Gasteiger charge is -2.03. The van der Waals surface area contributed by atoms with Gasteiger partial charge >= 0.3 is 0 Å². The summed E-state index contributed by atoms with van der Waals surface area (Å²) in [5.74, 6) is 0.341. The third kappa shape index (κ3) is 4.48. The highest BCUT2D eigenvalue weighted by atomic mass is 35.5. The fourth-order valence-corrected chi connectivity index (χ4v) is 2.87. The molecule has 0 saturated carbocycles. The number of hydrazone groups is 1. The molecule has 0 spiro atoms. The van der Waals surface area contributed by atoms with Crippen LogP contribution < -0.4 is 10.2 Å². The highest BCUT2D eigenvalue weighted by molar-refractivity contribution is 6.36. The van der Waals surface area contributed by atoms with Crippen LogP contribution in [0.25, 0.3) is 11.3 Å². The van der Waals surface area contributed by atoms with E-state index in [2.05, 4.69) is 20.7 Å². The molecule has 6 nitrogen and oxygen atoms in total. The fraction of sp³-hybridized carbons (Fsp3) is 0.105. The highest BCUT2D eigenvalue weighted by Crippen LogP contribution is 2.29. The van der Waals surface area contributed by atoms with Crippen molar-refractivity contribution in [3.8, 4) is 17.0 Å². The summed E-state index contributed by atoms with van der Waals surface area (Å²) in [6.07, 6.45) is 0. The Hall–Kier alpha value is -2.83. The Bertz CT molecular complexity index is 997. The van der Waals surface area contributed by atoms with Crippen LogP contribution in [0, 0.1) is 0 Å². The summed E-state index contributed by atoms with van der Waals surface area (Å²) in [4.78, 5) is 12.3. The lowest BCUT2D eigenvalue weighted by atomic mass is 10.1. The molecule has 0 saturated heterocycles. The number of ether oxygens (including phenoxy) is 1. The first-order chi connectivity index (χ1) is 13.0. The van der Waals surface area contributed by atoms with Gasteiger partial charge in [-0.05, 0) is 61.0 Å². The van der Waals surface area contributed by atoms with E-state index in [0.717, 1.165) is 11.3 Å². The third-order valence-electron chi connectivity index (χ3n) is 3.86. The average molecular weight is 403 g/mol. The van der Waals surface area contributed by atoms with Crippen molar-refractivity contribution in [2.45, 2.75) is 6.92 Å². The lowest BCUT2D eigenvalue weighted by molar-refractivity contribution is 0.0950. The molecule has 1 aromatic heterocycles. The zero-order valence-electron chi connectivity index (χ0n) is 14.6. The van der Waals surface area contributed by atoms with Gasteiger partial charge in [0.05, 0.1) is 23.5 Å². The van der Waals surface area contributed by atoms with Crippen LogP contribution in [0.15, 0.2) is 53.6 Å². The molecule has 3 aromatic rings. The second kappa shape index (κ2) is 8.24. The Balaban J connectivity index is 1.72. The summed E-state index contributed by atoms with van der Waals surface area (Å²) in [5.41, 5.74) is 5.52. The molecule has 0 aliphatic heterocycles. The number of nitrogens with zero attached hydrogens (tertiary/aromatic N) is 2. The number of rotatable bonds is 5. The Morgan fingerprint density at radius 3 is 2.56 bits per heavy atom.